The van der Waals surface area contributed by atoms with Crippen LogP contribution in [0.4, 0.5) is 5.82 Å². The van der Waals surface area contributed by atoms with Crippen molar-refractivity contribution in [3.63, 3.8) is 0 Å². The van der Waals surface area contributed by atoms with Gasteiger partial charge in [-0.1, -0.05) is 19.4 Å². The van der Waals surface area contributed by atoms with Gasteiger partial charge in [0.1, 0.15) is 11.5 Å². The fourth-order valence-electron chi connectivity index (χ4n) is 1.56. The molecular formula is C12H19N3O. The maximum atomic E-state index is 12.0. The summed E-state index contributed by atoms with van der Waals surface area (Å²) in [5, 5.41) is 0. The third-order valence-corrected chi connectivity index (χ3v) is 2.68. The van der Waals surface area contributed by atoms with E-state index >= 15 is 0 Å². The zero-order valence-corrected chi connectivity index (χ0v) is 10.1. The average Bonchev–Trinajstić information content (AvgIpc) is 2.27. The molecule has 0 saturated heterocycles. The van der Waals surface area contributed by atoms with Crippen LogP contribution in [0.3, 0.4) is 0 Å². The molecule has 1 heterocycles. The maximum Gasteiger partial charge on any atom is 0.272 e. The number of carbonyl (C=O) groups is 1. The van der Waals surface area contributed by atoms with Crippen LogP contribution in [0.25, 0.3) is 0 Å². The lowest BCUT2D eigenvalue weighted by molar-refractivity contribution is 0.0731. The lowest BCUT2D eigenvalue weighted by Crippen LogP contribution is -2.35. The Morgan fingerprint density at radius 2 is 2.25 bits per heavy atom. The number of nitrogens with two attached hydrogens (primary N) is 1. The van der Waals surface area contributed by atoms with Crippen LogP contribution >= 0.6 is 0 Å². The first kappa shape index (κ1) is 12.5. The van der Waals surface area contributed by atoms with Crippen molar-refractivity contribution in [3.8, 4) is 0 Å². The topological polar surface area (TPSA) is 59.2 Å². The molecule has 1 rings (SSSR count). The molecule has 1 amide bonds. The number of anilines is 1. The van der Waals surface area contributed by atoms with Gasteiger partial charge < -0.3 is 10.6 Å². The van der Waals surface area contributed by atoms with E-state index in [1.165, 1.54) is 0 Å². The van der Waals surface area contributed by atoms with Gasteiger partial charge in [-0.15, -0.1) is 0 Å². The molecule has 0 fully saturated rings. The molecule has 0 radical (unpaired) electrons. The molecular weight excluding hydrogens is 202 g/mol. The molecule has 0 aliphatic rings. The van der Waals surface area contributed by atoms with E-state index in [0.29, 0.717) is 11.5 Å². The van der Waals surface area contributed by atoms with E-state index in [9.17, 15) is 4.79 Å². The van der Waals surface area contributed by atoms with Crippen LogP contribution in [0.1, 0.15) is 37.2 Å². The normalized spacial score (nSPS) is 12.2. The molecule has 0 aromatic carbocycles. The van der Waals surface area contributed by atoms with Crippen molar-refractivity contribution in [1.29, 1.82) is 0 Å². The van der Waals surface area contributed by atoms with Crippen LogP contribution in [0.5, 0.6) is 0 Å². The summed E-state index contributed by atoms with van der Waals surface area (Å²) < 4.78 is 0. The van der Waals surface area contributed by atoms with Crippen molar-refractivity contribution in [2.45, 2.75) is 32.7 Å². The highest BCUT2D eigenvalue weighted by Gasteiger charge is 2.17. The third kappa shape index (κ3) is 2.95. The molecule has 4 heteroatoms. The molecule has 1 atom stereocenters. The van der Waals surface area contributed by atoms with Crippen molar-refractivity contribution in [3.05, 3.63) is 23.9 Å². The Labute approximate surface area is 96.5 Å². The first-order valence-corrected chi connectivity index (χ1v) is 5.56. The number of rotatable bonds is 4. The van der Waals surface area contributed by atoms with E-state index in [2.05, 4.69) is 11.9 Å². The molecule has 88 valence electrons. The molecule has 16 heavy (non-hydrogen) atoms. The van der Waals surface area contributed by atoms with Crippen molar-refractivity contribution >= 4 is 11.7 Å². The van der Waals surface area contributed by atoms with Gasteiger partial charge in [0.2, 0.25) is 0 Å². The fourth-order valence-corrected chi connectivity index (χ4v) is 1.56. The van der Waals surface area contributed by atoms with Gasteiger partial charge in [-0.25, -0.2) is 4.98 Å². The van der Waals surface area contributed by atoms with Crippen LogP contribution < -0.4 is 5.73 Å². The van der Waals surface area contributed by atoms with Crippen molar-refractivity contribution in [1.82, 2.24) is 9.88 Å². The van der Waals surface area contributed by atoms with E-state index in [1.807, 2.05) is 6.92 Å². The quantitative estimate of drug-likeness (QED) is 0.845. The zero-order valence-electron chi connectivity index (χ0n) is 10.1. The number of amides is 1. The van der Waals surface area contributed by atoms with Crippen molar-refractivity contribution < 1.29 is 4.79 Å². The molecule has 1 aromatic rings. The predicted octanol–water partition coefficient (Wildman–Crippen LogP) is 1.92. The Morgan fingerprint density at radius 1 is 1.56 bits per heavy atom. The van der Waals surface area contributed by atoms with E-state index in [1.54, 1.807) is 30.1 Å². The summed E-state index contributed by atoms with van der Waals surface area (Å²) in [6, 6.07) is 5.33. The average molecular weight is 221 g/mol. The third-order valence-electron chi connectivity index (χ3n) is 2.68. The summed E-state index contributed by atoms with van der Waals surface area (Å²) in [4.78, 5) is 17.8. The Balaban J connectivity index is 2.77. The summed E-state index contributed by atoms with van der Waals surface area (Å²) in [5.41, 5.74) is 5.96. The number of carbonyl (C=O) groups excluding carboxylic acids is 1. The molecule has 4 nitrogen and oxygen atoms in total. The van der Waals surface area contributed by atoms with Gasteiger partial charge in [-0.05, 0) is 25.5 Å². The van der Waals surface area contributed by atoms with Crippen LogP contribution in [-0.4, -0.2) is 28.9 Å². The van der Waals surface area contributed by atoms with Gasteiger partial charge in [0.05, 0.1) is 0 Å². The second-order valence-corrected chi connectivity index (χ2v) is 4.00. The van der Waals surface area contributed by atoms with Gasteiger partial charge >= 0.3 is 0 Å². The molecule has 1 unspecified atom stereocenters. The van der Waals surface area contributed by atoms with Crippen LogP contribution in [0.15, 0.2) is 18.2 Å². The van der Waals surface area contributed by atoms with Gasteiger partial charge in [0.25, 0.3) is 5.91 Å². The van der Waals surface area contributed by atoms with Gasteiger partial charge in [-0.3, -0.25) is 4.79 Å². The number of pyridine rings is 1. The van der Waals surface area contributed by atoms with Crippen molar-refractivity contribution in [2.75, 3.05) is 12.8 Å². The Kier molecular flexibility index (Phi) is 4.28. The number of nitrogen functional groups attached to an aromatic ring is 1. The Bertz CT molecular complexity index is 365. The summed E-state index contributed by atoms with van der Waals surface area (Å²) >= 11 is 0. The molecule has 0 saturated carbocycles. The van der Waals surface area contributed by atoms with Gasteiger partial charge in [-0.2, -0.15) is 0 Å². The fraction of sp³-hybridized carbons (Fsp3) is 0.500. The summed E-state index contributed by atoms with van der Waals surface area (Å²) in [6.07, 6.45) is 2.05. The Morgan fingerprint density at radius 3 is 2.81 bits per heavy atom. The highest BCUT2D eigenvalue weighted by molar-refractivity contribution is 5.92. The number of hydrogen-bond donors (Lipinski definition) is 1. The van der Waals surface area contributed by atoms with Crippen molar-refractivity contribution in [2.24, 2.45) is 0 Å². The predicted molar refractivity (Wildman–Crippen MR) is 65.1 cm³/mol. The standard InChI is InChI=1S/C12H19N3O/c1-4-6-9(2)15(3)12(16)10-7-5-8-11(13)14-10/h5,7-9H,4,6H2,1-3H3,(H2,13,14). The second kappa shape index (κ2) is 5.49. The minimum atomic E-state index is -0.0757. The summed E-state index contributed by atoms with van der Waals surface area (Å²) in [7, 11) is 1.80. The lowest BCUT2D eigenvalue weighted by atomic mass is 10.1. The highest BCUT2D eigenvalue weighted by Crippen LogP contribution is 2.09. The van der Waals surface area contributed by atoms with E-state index in [0.717, 1.165) is 12.8 Å². The second-order valence-electron chi connectivity index (χ2n) is 4.00. The van der Waals surface area contributed by atoms with E-state index in [-0.39, 0.29) is 11.9 Å². The molecule has 1 aromatic heterocycles. The van der Waals surface area contributed by atoms with Crippen LogP contribution in [0, 0.1) is 0 Å². The molecule has 0 aliphatic carbocycles. The minimum absolute atomic E-state index is 0.0757. The van der Waals surface area contributed by atoms with Gasteiger partial charge in [0, 0.05) is 13.1 Å². The van der Waals surface area contributed by atoms with E-state index in [4.69, 9.17) is 5.73 Å². The zero-order chi connectivity index (χ0) is 12.1. The molecule has 0 spiro atoms. The number of nitrogens with zero attached hydrogens (tertiary/aromatic N) is 2. The first-order valence-electron chi connectivity index (χ1n) is 5.56. The highest BCUT2D eigenvalue weighted by atomic mass is 16.2. The molecule has 0 bridgehead atoms. The summed E-state index contributed by atoms with van der Waals surface area (Å²) in [6.45, 7) is 4.14. The SMILES string of the molecule is CCCC(C)N(C)C(=O)c1cccc(N)n1. The number of hydrogen-bond acceptors (Lipinski definition) is 3. The molecule has 0 aliphatic heterocycles. The first-order chi connectivity index (χ1) is 7.56. The number of aromatic nitrogens is 1. The Hall–Kier alpha value is -1.58. The van der Waals surface area contributed by atoms with E-state index < -0.39 is 0 Å². The molecule has 2 N–H and O–H groups in total. The lowest BCUT2D eigenvalue weighted by Gasteiger charge is -2.24. The van der Waals surface area contributed by atoms with Gasteiger partial charge in [0.15, 0.2) is 0 Å². The smallest absolute Gasteiger partial charge is 0.272 e. The minimum Gasteiger partial charge on any atom is -0.384 e. The van der Waals surface area contributed by atoms with Crippen LogP contribution in [0.2, 0.25) is 0 Å². The maximum absolute atomic E-state index is 12.0. The van der Waals surface area contributed by atoms with Crippen LogP contribution in [-0.2, 0) is 0 Å². The monoisotopic (exact) mass is 221 g/mol. The largest absolute Gasteiger partial charge is 0.384 e. The summed E-state index contributed by atoms with van der Waals surface area (Å²) in [5.74, 6) is 0.302.